The van der Waals surface area contributed by atoms with Crippen LogP contribution in [0.15, 0.2) is 30.6 Å². The summed E-state index contributed by atoms with van der Waals surface area (Å²) < 4.78 is 8.10. The van der Waals surface area contributed by atoms with Gasteiger partial charge in [-0.2, -0.15) is 5.10 Å². The van der Waals surface area contributed by atoms with E-state index in [0.717, 1.165) is 45.0 Å². The minimum absolute atomic E-state index is 0.395. The van der Waals surface area contributed by atoms with Gasteiger partial charge in [0, 0.05) is 44.7 Å². The van der Waals surface area contributed by atoms with Crippen molar-refractivity contribution >= 4 is 0 Å². The molecule has 1 aliphatic heterocycles. The molecule has 0 unspecified atom stereocenters. The fraction of sp³-hybridized carbons (Fsp3) is 0.579. The number of aryl methyl sites for hydroxylation is 2. The standard InChI is InChI=1S/C19H28N4O/c1-15(2)13-24-14-18-7-10-23-17(6-9-21-23)11-22(18)12-19-16(3)5-4-8-20-19/h4-6,8-9,15,18H,7,10-14H2,1-3H3/t18-/m1/s1. The van der Waals surface area contributed by atoms with Crippen LogP contribution in [0, 0.1) is 12.8 Å². The quantitative estimate of drug-likeness (QED) is 0.817. The molecule has 1 atom stereocenters. The van der Waals surface area contributed by atoms with Gasteiger partial charge in [-0.05, 0) is 37.0 Å². The topological polar surface area (TPSA) is 43.2 Å². The lowest BCUT2D eigenvalue weighted by Crippen LogP contribution is -2.37. The zero-order valence-corrected chi connectivity index (χ0v) is 15.0. The van der Waals surface area contributed by atoms with E-state index in [4.69, 9.17) is 4.74 Å². The molecule has 0 fully saturated rings. The second kappa shape index (κ2) is 7.90. The van der Waals surface area contributed by atoms with Gasteiger partial charge in [0.15, 0.2) is 0 Å². The van der Waals surface area contributed by atoms with Crippen molar-refractivity contribution in [2.24, 2.45) is 5.92 Å². The molecule has 0 N–H and O–H groups in total. The molecule has 24 heavy (non-hydrogen) atoms. The van der Waals surface area contributed by atoms with Crippen molar-refractivity contribution in [3.05, 3.63) is 47.5 Å². The molecule has 0 saturated heterocycles. The van der Waals surface area contributed by atoms with Crippen molar-refractivity contribution in [3.8, 4) is 0 Å². The van der Waals surface area contributed by atoms with Crippen molar-refractivity contribution in [2.75, 3.05) is 13.2 Å². The summed E-state index contributed by atoms with van der Waals surface area (Å²) in [5.41, 5.74) is 3.67. The van der Waals surface area contributed by atoms with E-state index in [1.54, 1.807) is 0 Å². The van der Waals surface area contributed by atoms with Crippen LogP contribution >= 0.6 is 0 Å². The third-order valence-corrected chi connectivity index (χ3v) is 4.59. The Labute approximate surface area is 144 Å². The molecule has 0 bridgehead atoms. The van der Waals surface area contributed by atoms with Crippen molar-refractivity contribution in [2.45, 2.75) is 52.9 Å². The van der Waals surface area contributed by atoms with Crippen molar-refractivity contribution in [1.29, 1.82) is 0 Å². The monoisotopic (exact) mass is 328 g/mol. The third-order valence-electron chi connectivity index (χ3n) is 4.59. The number of hydrogen-bond acceptors (Lipinski definition) is 4. The number of pyridine rings is 1. The predicted molar refractivity (Wildman–Crippen MR) is 94.5 cm³/mol. The maximum Gasteiger partial charge on any atom is 0.0622 e. The Bertz CT molecular complexity index is 652. The molecule has 2 aromatic heterocycles. The molecule has 130 valence electrons. The molecule has 3 heterocycles. The van der Waals surface area contributed by atoms with Gasteiger partial charge in [-0.1, -0.05) is 19.9 Å². The van der Waals surface area contributed by atoms with E-state index in [1.807, 2.05) is 18.5 Å². The predicted octanol–water partition coefficient (Wildman–Crippen LogP) is 3.03. The van der Waals surface area contributed by atoms with Gasteiger partial charge >= 0.3 is 0 Å². The van der Waals surface area contributed by atoms with E-state index < -0.39 is 0 Å². The highest BCUT2D eigenvalue weighted by atomic mass is 16.5. The van der Waals surface area contributed by atoms with Crippen LogP contribution in [-0.2, 0) is 24.4 Å². The summed E-state index contributed by atoms with van der Waals surface area (Å²) in [6, 6.07) is 6.65. The number of rotatable bonds is 6. The Morgan fingerprint density at radius 3 is 2.96 bits per heavy atom. The maximum atomic E-state index is 5.97. The van der Waals surface area contributed by atoms with Gasteiger partial charge in [-0.15, -0.1) is 0 Å². The molecule has 0 aromatic carbocycles. The van der Waals surface area contributed by atoms with E-state index in [9.17, 15) is 0 Å². The molecule has 0 aliphatic carbocycles. The minimum atomic E-state index is 0.395. The molecule has 1 aliphatic rings. The molecule has 0 amide bonds. The number of aromatic nitrogens is 3. The normalized spacial score (nSPS) is 18.6. The third kappa shape index (κ3) is 4.22. The largest absolute Gasteiger partial charge is 0.380 e. The number of ether oxygens (including phenoxy) is 1. The smallest absolute Gasteiger partial charge is 0.0622 e. The maximum absolute atomic E-state index is 5.97. The van der Waals surface area contributed by atoms with E-state index >= 15 is 0 Å². The first kappa shape index (κ1) is 17.1. The molecule has 0 saturated carbocycles. The van der Waals surface area contributed by atoms with Gasteiger partial charge in [-0.3, -0.25) is 14.6 Å². The van der Waals surface area contributed by atoms with Gasteiger partial charge in [0.25, 0.3) is 0 Å². The molecule has 0 radical (unpaired) electrons. The molecule has 5 nitrogen and oxygen atoms in total. The Morgan fingerprint density at radius 1 is 1.29 bits per heavy atom. The molecule has 3 rings (SSSR count). The fourth-order valence-corrected chi connectivity index (χ4v) is 3.18. The second-order valence-electron chi connectivity index (χ2n) is 7.09. The molecular weight excluding hydrogens is 300 g/mol. The highest BCUT2D eigenvalue weighted by Crippen LogP contribution is 2.21. The van der Waals surface area contributed by atoms with Crippen LogP contribution in [0.2, 0.25) is 0 Å². The van der Waals surface area contributed by atoms with Crippen LogP contribution in [-0.4, -0.2) is 38.9 Å². The van der Waals surface area contributed by atoms with Gasteiger partial charge < -0.3 is 4.74 Å². The highest BCUT2D eigenvalue weighted by molar-refractivity contribution is 5.18. The Balaban J connectivity index is 1.75. The lowest BCUT2D eigenvalue weighted by Gasteiger charge is -2.29. The Morgan fingerprint density at radius 2 is 2.17 bits per heavy atom. The van der Waals surface area contributed by atoms with Crippen molar-refractivity contribution in [1.82, 2.24) is 19.7 Å². The van der Waals surface area contributed by atoms with Crippen LogP contribution in [0.3, 0.4) is 0 Å². The van der Waals surface area contributed by atoms with Gasteiger partial charge in [0.2, 0.25) is 0 Å². The summed E-state index contributed by atoms with van der Waals surface area (Å²) in [4.78, 5) is 7.08. The summed E-state index contributed by atoms with van der Waals surface area (Å²) in [6.07, 6.45) is 4.84. The fourth-order valence-electron chi connectivity index (χ4n) is 3.18. The first-order valence-electron chi connectivity index (χ1n) is 8.86. The number of fused-ring (bicyclic) bond motifs is 1. The van der Waals surface area contributed by atoms with Crippen LogP contribution in [0.1, 0.15) is 37.2 Å². The molecule has 0 spiro atoms. The average Bonchev–Trinajstić information content (AvgIpc) is 2.92. The second-order valence-corrected chi connectivity index (χ2v) is 7.09. The van der Waals surface area contributed by atoms with Crippen LogP contribution in [0.5, 0.6) is 0 Å². The summed E-state index contributed by atoms with van der Waals surface area (Å²) in [6.45, 7) is 10.8. The first-order valence-corrected chi connectivity index (χ1v) is 8.86. The number of nitrogens with zero attached hydrogens (tertiary/aromatic N) is 4. The van der Waals surface area contributed by atoms with E-state index in [2.05, 4.69) is 52.6 Å². The minimum Gasteiger partial charge on any atom is -0.380 e. The summed E-state index contributed by atoms with van der Waals surface area (Å²) in [7, 11) is 0. The van der Waals surface area contributed by atoms with Crippen molar-refractivity contribution < 1.29 is 4.74 Å². The number of hydrogen-bond donors (Lipinski definition) is 0. The van der Waals surface area contributed by atoms with E-state index in [-0.39, 0.29) is 0 Å². The Hall–Kier alpha value is -1.72. The molecule has 5 heteroatoms. The SMILES string of the molecule is Cc1cccnc1CN1Cc2ccnn2CC[C@@H]1COCC(C)C. The molecule has 2 aromatic rings. The van der Waals surface area contributed by atoms with Gasteiger partial charge in [0.1, 0.15) is 0 Å². The van der Waals surface area contributed by atoms with Gasteiger partial charge in [0.05, 0.1) is 18.0 Å². The first-order chi connectivity index (χ1) is 11.6. The Kier molecular flexibility index (Phi) is 5.63. The van der Waals surface area contributed by atoms with E-state index in [0.29, 0.717) is 12.0 Å². The summed E-state index contributed by atoms with van der Waals surface area (Å²) in [5.74, 6) is 0.567. The summed E-state index contributed by atoms with van der Waals surface area (Å²) >= 11 is 0. The van der Waals surface area contributed by atoms with Gasteiger partial charge in [-0.25, -0.2) is 0 Å². The van der Waals surface area contributed by atoms with Crippen molar-refractivity contribution in [3.63, 3.8) is 0 Å². The lowest BCUT2D eigenvalue weighted by atomic mass is 10.1. The average molecular weight is 328 g/mol. The zero-order valence-electron chi connectivity index (χ0n) is 15.0. The molecular formula is C19H28N4O. The van der Waals surface area contributed by atoms with E-state index in [1.165, 1.54) is 11.3 Å². The summed E-state index contributed by atoms with van der Waals surface area (Å²) in [5, 5.41) is 4.45. The lowest BCUT2D eigenvalue weighted by molar-refractivity contribution is 0.0376. The van der Waals surface area contributed by atoms with Crippen LogP contribution < -0.4 is 0 Å². The van der Waals surface area contributed by atoms with Crippen LogP contribution in [0.4, 0.5) is 0 Å². The zero-order chi connectivity index (χ0) is 16.9. The van der Waals surface area contributed by atoms with Crippen LogP contribution in [0.25, 0.3) is 0 Å². The highest BCUT2D eigenvalue weighted by Gasteiger charge is 2.25.